The van der Waals surface area contributed by atoms with Crippen molar-refractivity contribution in [2.75, 3.05) is 19.7 Å². The molecule has 0 aromatic rings. The van der Waals surface area contributed by atoms with Crippen LogP contribution < -0.4 is 5.32 Å². The SMILES string of the molecule is CCC1CCC(C(=O)CC2CNCCO2)CC1. The summed E-state index contributed by atoms with van der Waals surface area (Å²) in [5.41, 5.74) is 0. The van der Waals surface area contributed by atoms with E-state index in [1.165, 1.54) is 19.3 Å². The molecule has 0 spiro atoms. The van der Waals surface area contributed by atoms with Crippen molar-refractivity contribution in [1.82, 2.24) is 5.32 Å². The molecule has 1 heterocycles. The molecule has 1 unspecified atom stereocenters. The number of rotatable bonds is 4. The fourth-order valence-corrected chi connectivity index (χ4v) is 3.03. The van der Waals surface area contributed by atoms with E-state index in [2.05, 4.69) is 12.2 Å². The van der Waals surface area contributed by atoms with Gasteiger partial charge in [0.15, 0.2) is 0 Å². The van der Waals surface area contributed by atoms with Gasteiger partial charge in [-0.05, 0) is 31.6 Å². The topological polar surface area (TPSA) is 38.3 Å². The summed E-state index contributed by atoms with van der Waals surface area (Å²) in [4.78, 5) is 12.2. The lowest BCUT2D eigenvalue weighted by Gasteiger charge is -2.29. The zero-order valence-corrected chi connectivity index (χ0v) is 10.9. The molecule has 17 heavy (non-hydrogen) atoms. The minimum absolute atomic E-state index is 0.125. The molecule has 2 fully saturated rings. The van der Waals surface area contributed by atoms with Crippen molar-refractivity contribution in [3.8, 4) is 0 Å². The molecule has 0 bridgehead atoms. The van der Waals surface area contributed by atoms with Crippen molar-refractivity contribution in [3.05, 3.63) is 0 Å². The Labute approximate surface area is 104 Å². The highest BCUT2D eigenvalue weighted by Crippen LogP contribution is 2.31. The van der Waals surface area contributed by atoms with Gasteiger partial charge in [0, 0.05) is 25.4 Å². The van der Waals surface area contributed by atoms with Gasteiger partial charge in [-0.1, -0.05) is 13.3 Å². The van der Waals surface area contributed by atoms with Crippen LogP contribution in [0.2, 0.25) is 0 Å². The summed E-state index contributed by atoms with van der Waals surface area (Å²) < 4.78 is 5.60. The second-order valence-electron chi connectivity index (χ2n) is 5.49. The van der Waals surface area contributed by atoms with E-state index in [1.807, 2.05) is 0 Å². The van der Waals surface area contributed by atoms with E-state index in [1.54, 1.807) is 0 Å². The van der Waals surface area contributed by atoms with Gasteiger partial charge in [0.1, 0.15) is 5.78 Å². The van der Waals surface area contributed by atoms with Crippen LogP contribution in [0, 0.1) is 11.8 Å². The number of ketones is 1. The Morgan fingerprint density at radius 3 is 2.65 bits per heavy atom. The molecule has 1 aliphatic carbocycles. The van der Waals surface area contributed by atoms with Crippen LogP contribution in [0.5, 0.6) is 0 Å². The van der Waals surface area contributed by atoms with Crippen LogP contribution in [0.3, 0.4) is 0 Å². The molecule has 2 rings (SSSR count). The van der Waals surface area contributed by atoms with Crippen LogP contribution in [0.25, 0.3) is 0 Å². The van der Waals surface area contributed by atoms with Gasteiger partial charge in [0.05, 0.1) is 12.7 Å². The Morgan fingerprint density at radius 1 is 1.29 bits per heavy atom. The van der Waals surface area contributed by atoms with Crippen LogP contribution in [-0.2, 0) is 9.53 Å². The fraction of sp³-hybridized carbons (Fsp3) is 0.929. The molecule has 1 saturated carbocycles. The molecule has 0 radical (unpaired) electrons. The summed E-state index contributed by atoms with van der Waals surface area (Å²) in [6.07, 6.45) is 6.73. The average molecular weight is 239 g/mol. The monoisotopic (exact) mass is 239 g/mol. The van der Waals surface area contributed by atoms with Crippen molar-refractivity contribution in [3.63, 3.8) is 0 Å². The number of carbonyl (C=O) groups is 1. The molecule has 1 N–H and O–H groups in total. The molecule has 1 atom stereocenters. The van der Waals surface area contributed by atoms with E-state index in [0.717, 1.165) is 38.5 Å². The van der Waals surface area contributed by atoms with E-state index in [9.17, 15) is 4.79 Å². The maximum Gasteiger partial charge on any atom is 0.138 e. The number of ether oxygens (including phenoxy) is 1. The molecule has 2 aliphatic rings. The first-order chi connectivity index (χ1) is 8.29. The number of hydrogen-bond acceptors (Lipinski definition) is 3. The third-order valence-electron chi connectivity index (χ3n) is 4.31. The standard InChI is InChI=1S/C14H25NO2/c1-2-11-3-5-12(6-4-11)14(16)9-13-10-15-7-8-17-13/h11-13,15H,2-10H2,1H3. The van der Waals surface area contributed by atoms with E-state index in [4.69, 9.17) is 4.74 Å². The van der Waals surface area contributed by atoms with Crippen molar-refractivity contribution in [2.24, 2.45) is 11.8 Å². The third kappa shape index (κ3) is 3.78. The second kappa shape index (κ2) is 6.50. The van der Waals surface area contributed by atoms with Crippen LogP contribution in [0.15, 0.2) is 0 Å². The molecule has 1 saturated heterocycles. The molecule has 3 nitrogen and oxygen atoms in total. The number of hydrogen-bond donors (Lipinski definition) is 1. The molecule has 3 heteroatoms. The van der Waals surface area contributed by atoms with Gasteiger partial charge in [0.25, 0.3) is 0 Å². The fourth-order valence-electron chi connectivity index (χ4n) is 3.03. The molecule has 98 valence electrons. The maximum absolute atomic E-state index is 12.2. The zero-order valence-electron chi connectivity index (χ0n) is 10.9. The largest absolute Gasteiger partial charge is 0.375 e. The Morgan fingerprint density at radius 2 is 2.06 bits per heavy atom. The van der Waals surface area contributed by atoms with Crippen molar-refractivity contribution in [1.29, 1.82) is 0 Å². The van der Waals surface area contributed by atoms with Gasteiger partial charge in [-0.25, -0.2) is 0 Å². The average Bonchev–Trinajstić information content (AvgIpc) is 2.40. The number of nitrogens with one attached hydrogen (secondary N) is 1. The molecular weight excluding hydrogens is 214 g/mol. The minimum Gasteiger partial charge on any atom is -0.375 e. The van der Waals surface area contributed by atoms with E-state index < -0.39 is 0 Å². The lowest BCUT2D eigenvalue weighted by atomic mass is 9.78. The summed E-state index contributed by atoms with van der Waals surface area (Å²) in [5.74, 6) is 1.63. The lowest BCUT2D eigenvalue weighted by Crippen LogP contribution is -2.40. The molecule has 1 aliphatic heterocycles. The molecule has 0 amide bonds. The molecular formula is C14H25NO2. The van der Waals surface area contributed by atoms with Crippen molar-refractivity contribution < 1.29 is 9.53 Å². The Kier molecular flexibility index (Phi) is 4.99. The summed E-state index contributed by atoms with van der Waals surface area (Å²) in [6, 6.07) is 0. The van der Waals surface area contributed by atoms with Crippen LogP contribution in [0.4, 0.5) is 0 Å². The third-order valence-corrected chi connectivity index (χ3v) is 4.31. The van der Waals surface area contributed by atoms with Crippen molar-refractivity contribution in [2.45, 2.75) is 51.6 Å². The van der Waals surface area contributed by atoms with Gasteiger partial charge in [-0.3, -0.25) is 4.79 Å². The number of carbonyl (C=O) groups excluding carboxylic acids is 1. The smallest absolute Gasteiger partial charge is 0.138 e. The first-order valence-corrected chi connectivity index (χ1v) is 7.14. The van der Waals surface area contributed by atoms with Gasteiger partial charge in [0.2, 0.25) is 0 Å². The Hall–Kier alpha value is -0.410. The first-order valence-electron chi connectivity index (χ1n) is 7.14. The summed E-state index contributed by atoms with van der Waals surface area (Å²) in [7, 11) is 0. The summed E-state index contributed by atoms with van der Waals surface area (Å²) >= 11 is 0. The highest BCUT2D eigenvalue weighted by atomic mass is 16.5. The predicted octanol–water partition coefficient (Wildman–Crippen LogP) is 2.15. The quantitative estimate of drug-likeness (QED) is 0.817. The molecule has 0 aromatic carbocycles. The van der Waals surface area contributed by atoms with Crippen molar-refractivity contribution >= 4 is 5.78 Å². The summed E-state index contributed by atoms with van der Waals surface area (Å²) in [5, 5.41) is 3.28. The summed E-state index contributed by atoms with van der Waals surface area (Å²) in [6.45, 7) is 4.78. The highest BCUT2D eigenvalue weighted by molar-refractivity contribution is 5.81. The second-order valence-corrected chi connectivity index (χ2v) is 5.49. The maximum atomic E-state index is 12.2. The van der Waals surface area contributed by atoms with Crippen LogP contribution in [0.1, 0.15) is 45.4 Å². The minimum atomic E-state index is 0.125. The van der Waals surface area contributed by atoms with Crippen LogP contribution in [-0.4, -0.2) is 31.6 Å². The number of Topliss-reactive ketones (excluding diaryl/α,β-unsaturated/α-hetero) is 1. The van der Waals surface area contributed by atoms with Gasteiger partial charge < -0.3 is 10.1 Å². The predicted molar refractivity (Wildman–Crippen MR) is 68.0 cm³/mol. The normalized spacial score (nSPS) is 34.5. The van der Waals surface area contributed by atoms with E-state index in [0.29, 0.717) is 18.1 Å². The van der Waals surface area contributed by atoms with Gasteiger partial charge in [-0.15, -0.1) is 0 Å². The Bertz CT molecular complexity index is 241. The van der Waals surface area contributed by atoms with Gasteiger partial charge >= 0.3 is 0 Å². The van der Waals surface area contributed by atoms with E-state index >= 15 is 0 Å². The number of morpholine rings is 1. The Balaban J connectivity index is 1.72. The van der Waals surface area contributed by atoms with E-state index in [-0.39, 0.29) is 6.10 Å². The van der Waals surface area contributed by atoms with Crippen LogP contribution >= 0.6 is 0 Å². The lowest BCUT2D eigenvalue weighted by molar-refractivity contribution is -0.127. The molecule has 0 aromatic heterocycles. The highest BCUT2D eigenvalue weighted by Gasteiger charge is 2.27. The first kappa shape index (κ1) is 13.0. The zero-order chi connectivity index (χ0) is 12.1. The van der Waals surface area contributed by atoms with Gasteiger partial charge in [-0.2, -0.15) is 0 Å².